The molecule has 1 amide bonds. The van der Waals surface area contributed by atoms with E-state index in [-0.39, 0.29) is 17.1 Å². The lowest BCUT2D eigenvalue weighted by atomic mass is 10.1. The van der Waals surface area contributed by atoms with E-state index in [0.717, 1.165) is 6.07 Å². The molecule has 0 saturated heterocycles. The van der Waals surface area contributed by atoms with Gasteiger partial charge in [-0.3, -0.25) is 4.79 Å². The number of nitrogens with one attached hydrogen (secondary N) is 1. The molecule has 0 aliphatic carbocycles. The van der Waals surface area contributed by atoms with Gasteiger partial charge in [-0.25, -0.2) is 9.67 Å². The van der Waals surface area contributed by atoms with Gasteiger partial charge in [-0.05, 0) is 45.4 Å². The van der Waals surface area contributed by atoms with Gasteiger partial charge in [0.15, 0.2) is 0 Å². The first-order valence-corrected chi connectivity index (χ1v) is 6.90. The number of hydrogen-bond acceptors (Lipinski definition) is 3. The Morgan fingerprint density at radius 3 is 2.39 bits per heavy atom. The summed E-state index contributed by atoms with van der Waals surface area (Å²) in [6.45, 7) is 7.24. The van der Waals surface area contributed by atoms with Crippen LogP contribution in [0.15, 0.2) is 24.5 Å². The highest BCUT2D eigenvalue weighted by molar-refractivity contribution is 6.02. The molecule has 0 atom stereocenters. The molecule has 1 heterocycles. The molecule has 0 radical (unpaired) electrons. The first kappa shape index (κ1) is 17.0. The molecule has 124 valence electrons. The van der Waals surface area contributed by atoms with Gasteiger partial charge in [0.1, 0.15) is 6.33 Å². The SMILES string of the molecule is Cc1ccc(C(F)(F)F)c(NC(=O)c2ncn(C(C)(C)C)n2)c1. The van der Waals surface area contributed by atoms with E-state index in [2.05, 4.69) is 15.4 Å². The number of carbonyl (C=O) groups is 1. The van der Waals surface area contributed by atoms with Crippen molar-refractivity contribution in [3.8, 4) is 0 Å². The van der Waals surface area contributed by atoms with Crippen molar-refractivity contribution in [3.05, 3.63) is 41.5 Å². The summed E-state index contributed by atoms with van der Waals surface area (Å²) in [4.78, 5) is 16.0. The van der Waals surface area contributed by atoms with Crippen molar-refractivity contribution in [3.63, 3.8) is 0 Å². The van der Waals surface area contributed by atoms with E-state index in [1.807, 2.05) is 20.8 Å². The van der Waals surface area contributed by atoms with E-state index in [4.69, 9.17) is 0 Å². The summed E-state index contributed by atoms with van der Waals surface area (Å²) in [6, 6.07) is 3.54. The van der Waals surface area contributed by atoms with Crippen LogP contribution in [0.3, 0.4) is 0 Å². The first-order valence-electron chi connectivity index (χ1n) is 6.90. The molecule has 0 saturated carbocycles. The van der Waals surface area contributed by atoms with Crippen LogP contribution in [-0.4, -0.2) is 20.7 Å². The van der Waals surface area contributed by atoms with E-state index in [0.29, 0.717) is 5.56 Å². The minimum Gasteiger partial charge on any atom is -0.319 e. The number of benzene rings is 1. The largest absolute Gasteiger partial charge is 0.418 e. The number of anilines is 1. The number of nitrogens with zero attached hydrogens (tertiary/aromatic N) is 3. The molecule has 0 unspecified atom stereocenters. The number of halogens is 3. The molecule has 2 aromatic rings. The highest BCUT2D eigenvalue weighted by Crippen LogP contribution is 2.35. The Morgan fingerprint density at radius 1 is 1.22 bits per heavy atom. The Kier molecular flexibility index (Phi) is 4.19. The molecule has 0 bridgehead atoms. The molecule has 1 aromatic heterocycles. The van der Waals surface area contributed by atoms with Crippen LogP contribution in [0.4, 0.5) is 18.9 Å². The molecule has 2 rings (SSSR count). The van der Waals surface area contributed by atoms with Crippen molar-refractivity contribution < 1.29 is 18.0 Å². The maximum Gasteiger partial charge on any atom is 0.418 e. The van der Waals surface area contributed by atoms with E-state index in [1.54, 1.807) is 6.92 Å². The number of aryl methyl sites for hydroxylation is 1. The zero-order chi connectivity index (χ0) is 17.4. The number of amides is 1. The van der Waals surface area contributed by atoms with Crippen molar-refractivity contribution in [2.45, 2.75) is 39.4 Å². The fourth-order valence-corrected chi connectivity index (χ4v) is 1.88. The summed E-state index contributed by atoms with van der Waals surface area (Å²) in [5, 5.41) is 6.25. The molecule has 23 heavy (non-hydrogen) atoms. The van der Waals surface area contributed by atoms with Crippen molar-refractivity contribution in [2.75, 3.05) is 5.32 Å². The Labute approximate surface area is 131 Å². The van der Waals surface area contributed by atoms with Gasteiger partial charge < -0.3 is 5.32 Å². The van der Waals surface area contributed by atoms with Gasteiger partial charge in [-0.15, -0.1) is 5.10 Å². The average molecular weight is 326 g/mol. The lowest BCUT2D eigenvalue weighted by Crippen LogP contribution is -2.23. The predicted molar refractivity (Wildman–Crippen MR) is 79.2 cm³/mol. The maximum atomic E-state index is 13.0. The smallest absolute Gasteiger partial charge is 0.319 e. The van der Waals surface area contributed by atoms with Gasteiger partial charge in [0.05, 0.1) is 16.8 Å². The Bertz CT molecular complexity index is 729. The Hall–Kier alpha value is -2.38. The van der Waals surface area contributed by atoms with Gasteiger partial charge in [0, 0.05) is 0 Å². The van der Waals surface area contributed by atoms with Crippen molar-refractivity contribution >= 4 is 11.6 Å². The van der Waals surface area contributed by atoms with E-state index >= 15 is 0 Å². The summed E-state index contributed by atoms with van der Waals surface area (Å²) < 4.78 is 40.5. The molecule has 1 aromatic carbocycles. The fourth-order valence-electron chi connectivity index (χ4n) is 1.88. The zero-order valence-electron chi connectivity index (χ0n) is 13.2. The summed E-state index contributed by atoms with van der Waals surface area (Å²) in [7, 11) is 0. The second-order valence-electron chi connectivity index (χ2n) is 6.18. The average Bonchev–Trinajstić information content (AvgIpc) is 2.86. The molecule has 1 N–H and O–H groups in total. The summed E-state index contributed by atoms with van der Waals surface area (Å²) in [5.74, 6) is -0.973. The van der Waals surface area contributed by atoms with Gasteiger partial charge in [-0.1, -0.05) is 6.07 Å². The number of hydrogen-bond donors (Lipinski definition) is 1. The number of rotatable bonds is 2. The fraction of sp³-hybridized carbons (Fsp3) is 0.400. The van der Waals surface area contributed by atoms with Crippen LogP contribution in [0.5, 0.6) is 0 Å². The van der Waals surface area contributed by atoms with Crippen LogP contribution in [-0.2, 0) is 11.7 Å². The molecule has 5 nitrogen and oxygen atoms in total. The zero-order valence-corrected chi connectivity index (χ0v) is 13.2. The van der Waals surface area contributed by atoms with Gasteiger partial charge >= 0.3 is 6.18 Å². The summed E-state index contributed by atoms with van der Waals surface area (Å²) >= 11 is 0. The lowest BCUT2D eigenvalue weighted by molar-refractivity contribution is -0.136. The standard InChI is InChI=1S/C15H17F3N4O/c1-9-5-6-10(15(16,17)18)11(7-9)20-13(23)12-19-8-22(21-12)14(2,3)4/h5-8H,1-4H3,(H,20,23). The monoisotopic (exact) mass is 326 g/mol. The third-order valence-electron chi connectivity index (χ3n) is 3.11. The molecule has 0 spiro atoms. The molecular weight excluding hydrogens is 309 g/mol. The highest BCUT2D eigenvalue weighted by Gasteiger charge is 2.34. The summed E-state index contributed by atoms with van der Waals surface area (Å²) in [5.41, 5.74) is -1.01. The molecule has 0 aliphatic heterocycles. The molecule has 8 heteroatoms. The van der Waals surface area contributed by atoms with Gasteiger partial charge in [0.2, 0.25) is 5.82 Å². The second-order valence-corrected chi connectivity index (χ2v) is 6.18. The number of alkyl halides is 3. The Morgan fingerprint density at radius 2 is 1.87 bits per heavy atom. The van der Waals surface area contributed by atoms with E-state index in [1.165, 1.54) is 23.1 Å². The summed E-state index contributed by atoms with van der Waals surface area (Å²) in [6.07, 6.45) is -3.19. The van der Waals surface area contributed by atoms with Crippen LogP contribution in [0.25, 0.3) is 0 Å². The minimum absolute atomic E-state index is 0.186. The normalized spacial score (nSPS) is 12.3. The van der Waals surface area contributed by atoms with E-state index < -0.39 is 17.6 Å². The predicted octanol–water partition coefficient (Wildman–Crippen LogP) is 3.61. The van der Waals surface area contributed by atoms with Crippen molar-refractivity contribution in [1.82, 2.24) is 14.8 Å². The number of carbonyl (C=O) groups excluding carboxylic acids is 1. The molecule has 0 fully saturated rings. The topological polar surface area (TPSA) is 59.8 Å². The van der Waals surface area contributed by atoms with Gasteiger partial charge in [0.25, 0.3) is 5.91 Å². The molecule has 0 aliphatic rings. The van der Waals surface area contributed by atoms with Crippen LogP contribution >= 0.6 is 0 Å². The molecular formula is C15H17F3N4O. The van der Waals surface area contributed by atoms with Crippen LogP contribution in [0.1, 0.15) is 42.5 Å². The second kappa shape index (κ2) is 5.68. The maximum absolute atomic E-state index is 13.0. The third kappa shape index (κ3) is 3.88. The van der Waals surface area contributed by atoms with Crippen LogP contribution < -0.4 is 5.32 Å². The van der Waals surface area contributed by atoms with Crippen LogP contribution in [0.2, 0.25) is 0 Å². The lowest BCUT2D eigenvalue weighted by Gasteiger charge is -2.17. The highest BCUT2D eigenvalue weighted by atomic mass is 19.4. The van der Waals surface area contributed by atoms with E-state index in [9.17, 15) is 18.0 Å². The van der Waals surface area contributed by atoms with Crippen LogP contribution in [0, 0.1) is 6.92 Å². The van der Waals surface area contributed by atoms with Crippen molar-refractivity contribution in [1.29, 1.82) is 0 Å². The van der Waals surface area contributed by atoms with Crippen molar-refractivity contribution in [2.24, 2.45) is 0 Å². The first-order chi connectivity index (χ1) is 10.5. The Balaban J connectivity index is 2.30. The number of aromatic nitrogens is 3. The minimum atomic E-state index is -4.56. The quantitative estimate of drug-likeness (QED) is 0.917. The third-order valence-corrected chi connectivity index (χ3v) is 3.11. The van der Waals surface area contributed by atoms with Gasteiger partial charge in [-0.2, -0.15) is 13.2 Å².